The van der Waals surface area contributed by atoms with Gasteiger partial charge in [0, 0.05) is 13.1 Å². The standard InChI is InChI=1S/C15H20N2O4/c1-3-8-16(11-14(18)20-2)9-10-17-12-6-4-5-7-13(12)21-15(17)19/h4-7H,3,8-11H2,1-2H3. The SMILES string of the molecule is CCCN(CCn1c(=O)oc2ccccc21)CC(=O)OC. The van der Waals surface area contributed by atoms with Crippen molar-refractivity contribution in [3.05, 3.63) is 34.8 Å². The molecule has 21 heavy (non-hydrogen) atoms. The molecule has 0 aliphatic rings. The van der Waals surface area contributed by atoms with Gasteiger partial charge in [-0.25, -0.2) is 4.79 Å². The molecular weight excluding hydrogens is 272 g/mol. The maximum Gasteiger partial charge on any atom is 0.419 e. The second kappa shape index (κ2) is 7.08. The van der Waals surface area contributed by atoms with Gasteiger partial charge in [-0.3, -0.25) is 14.3 Å². The van der Waals surface area contributed by atoms with Crippen molar-refractivity contribution in [2.24, 2.45) is 0 Å². The second-order valence-corrected chi connectivity index (χ2v) is 4.84. The first-order chi connectivity index (χ1) is 10.2. The van der Waals surface area contributed by atoms with Gasteiger partial charge in [0.25, 0.3) is 0 Å². The van der Waals surface area contributed by atoms with E-state index in [1.54, 1.807) is 10.6 Å². The predicted octanol–water partition coefficient (Wildman–Crippen LogP) is 1.48. The van der Waals surface area contributed by atoms with E-state index >= 15 is 0 Å². The van der Waals surface area contributed by atoms with Crippen molar-refractivity contribution < 1.29 is 13.9 Å². The van der Waals surface area contributed by atoms with Crippen LogP contribution in [0, 0.1) is 0 Å². The molecule has 0 atom stereocenters. The van der Waals surface area contributed by atoms with Crippen molar-refractivity contribution in [3.63, 3.8) is 0 Å². The summed E-state index contributed by atoms with van der Waals surface area (Å²) in [6.07, 6.45) is 0.929. The Bertz CT molecular complexity index is 659. The summed E-state index contributed by atoms with van der Waals surface area (Å²) in [6, 6.07) is 7.32. The lowest BCUT2D eigenvalue weighted by Gasteiger charge is -2.20. The Kier molecular flexibility index (Phi) is 5.16. The molecule has 0 fully saturated rings. The Morgan fingerprint density at radius 1 is 1.33 bits per heavy atom. The van der Waals surface area contributed by atoms with Crippen molar-refractivity contribution >= 4 is 17.1 Å². The number of para-hydroxylation sites is 2. The molecule has 2 aromatic rings. The van der Waals surface area contributed by atoms with E-state index in [1.807, 2.05) is 30.0 Å². The molecule has 6 nitrogen and oxygen atoms in total. The van der Waals surface area contributed by atoms with Crippen LogP contribution in [-0.2, 0) is 16.1 Å². The van der Waals surface area contributed by atoms with Crippen LogP contribution in [0.25, 0.3) is 11.1 Å². The minimum absolute atomic E-state index is 0.231. The van der Waals surface area contributed by atoms with Crippen molar-refractivity contribution in [3.8, 4) is 0 Å². The fourth-order valence-electron chi connectivity index (χ4n) is 2.30. The van der Waals surface area contributed by atoms with Crippen LogP contribution in [0.2, 0.25) is 0 Å². The first-order valence-electron chi connectivity index (χ1n) is 7.03. The lowest BCUT2D eigenvalue weighted by Crippen LogP contribution is -2.35. The maximum absolute atomic E-state index is 11.9. The Labute approximate surface area is 122 Å². The molecular formula is C15H20N2O4. The highest BCUT2D eigenvalue weighted by Gasteiger charge is 2.13. The molecule has 0 aliphatic heterocycles. The molecule has 1 aromatic heterocycles. The number of methoxy groups -OCH3 is 1. The van der Waals surface area contributed by atoms with Crippen LogP contribution in [0.5, 0.6) is 0 Å². The third-order valence-corrected chi connectivity index (χ3v) is 3.33. The number of fused-ring (bicyclic) bond motifs is 1. The number of esters is 1. The average molecular weight is 292 g/mol. The number of aromatic nitrogens is 1. The van der Waals surface area contributed by atoms with Crippen LogP contribution < -0.4 is 5.76 Å². The summed E-state index contributed by atoms with van der Waals surface area (Å²) in [6.45, 7) is 4.12. The second-order valence-electron chi connectivity index (χ2n) is 4.84. The quantitative estimate of drug-likeness (QED) is 0.723. The van der Waals surface area contributed by atoms with E-state index < -0.39 is 0 Å². The molecule has 0 saturated heterocycles. The number of hydrogen-bond donors (Lipinski definition) is 0. The molecule has 0 radical (unpaired) electrons. The fourth-order valence-corrected chi connectivity index (χ4v) is 2.30. The third kappa shape index (κ3) is 3.72. The van der Waals surface area contributed by atoms with Gasteiger partial charge in [-0.1, -0.05) is 19.1 Å². The van der Waals surface area contributed by atoms with Gasteiger partial charge in [0.15, 0.2) is 5.58 Å². The number of nitrogens with zero attached hydrogens (tertiary/aromatic N) is 2. The molecule has 0 aliphatic carbocycles. The summed E-state index contributed by atoms with van der Waals surface area (Å²) < 4.78 is 11.5. The van der Waals surface area contributed by atoms with Gasteiger partial charge < -0.3 is 9.15 Å². The molecule has 0 spiro atoms. The summed E-state index contributed by atoms with van der Waals surface area (Å²) in [5.41, 5.74) is 1.36. The first kappa shape index (κ1) is 15.3. The molecule has 2 rings (SSSR count). The number of rotatable bonds is 7. The number of oxazole rings is 1. The molecule has 0 unspecified atom stereocenters. The molecule has 0 amide bonds. The highest BCUT2D eigenvalue weighted by Crippen LogP contribution is 2.11. The lowest BCUT2D eigenvalue weighted by atomic mass is 10.3. The van der Waals surface area contributed by atoms with Crippen molar-refractivity contribution in [1.29, 1.82) is 0 Å². The normalized spacial score (nSPS) is 11.2. The zero-order valence-electron chi connectivity index (χ0n) is 12.4. The summed E-state index contributed by atoms with van der Waals surface area (Å²) in [5.74, 6) is -0.640. The van der Waals surface area contributed by atoms with Gasteiger partial charge in [-0.2, -0.15) is 0 Å². The van der Waals surface area contributed by atoms with E-state index in [0.29, 0.717) is 18.7 Å². The number of benzene rings is 1. The summed E-state index contributed by atoms with van der Waals surface area (Å²) in [4.78, 5) is 25.2. The number of carbonyl (C=O) groups is 1. The fraction of sp³-hybridized carbons (Fsp3) is 0.467. The smallest absolute Gasteiger partial charge is 0.419 e. The van der Waals surface area contributed by atoms with Crippen LogP contribution in [0.3, 0.4) is 0 Å². The minimum atomic E-state index is -0.370. The summed E-state index contributed by atoms with van der Waals surface area (Å²) >= 11 is 0. The van der Waals surface area contributed by atoms with Gasteiger partial charge in [0.05, 0.1) is 19.2 Å². The molecule has 1 heterocycles. The van der Waals surface area contributed by atoms with Crippen LogP contribution in [0.15, 0.2) is 33.5 Å². The van der Waals surface area contributed by atoms with E-state index in [2.05, 4.69) is 0 Å². The zero-order valence-corrected chi connectivity index (χ0v) is 12.4. The van der Waals surface area contributed by atoms with E-state index in [4.69, 9.17) is 9.15 Å². The van der Waals surface area contributed by atoms with Gasteiger partial charge in [-0.15, -0.1) is 0 Å². The minimum Gasteiger partial charge on any atom is -0.468 e. The van der Waals surface area contributed by atoms with Crippen LogP contribution in [-0.4, -0.2) is 42.2 Å². The zero-order chi connectivity index (χ0) is 15.2. The molecule has 0 saturated carbocycles. The third-order valence-electron chi connectivity index (χ3n) is 3.33. The van der Waals surface area contributed by atoms with Crippen molar-refractivity contribution in [2.75, 3.05) is 26.7 Å². The van der Waals surface area contributed by atoms with Crippen LogP contribution in [0.4, 0.5) is 0 Å². The largest absolute Gasteiger partial charge is 0.468 e. The van der Waals surface area contributed by atoms with Gasteiger partial charge in [0.1, 0.15) is 0 Å². The number of ether oxygens (including phenoxy) is 1. The summed E-state index contributed by atoms with van der Waals surface area (Å²) in [7, 11) is 1.38. The topological polar surface area (TPSA) is 64.7 Å². The molecule has 0 bridgehead atoms. The van der Waals surface area contributed by atoms with Crippen molar-refractivity contribution in [1.82, 2.24) is 9.47 Å². The van der Waals surface area contributed by atoms with E-state index in [-0.39, 0.29) is 18.3 Å². The van der Waals surface area contributed by atoms with E-state index in [0.717, 1.165) is 18.5 Å². The first-order valence-corrected chi connectivity index (χ1v) is 7.03. The highest BCUT2D eigenvalue weighted by atomic mass is 16.5. The van der Waals surface area contributed by atoms with Crippen molar-refractivity contribution in [2.45, 2.75) is 19.9 Å². The Morgan fingerprint density at radius 2 is 2.10 bits per heavy atom. The van der Waals surface area contributed by atoms with Gasteiger partial charge in [-0.05, 0) is 25.1 Å². The Morgan fingerprint density at radius 3 is 2.81 bits per heavy atom. The molecule has 6 heteroatoms. The van der Waals surface area contributed by atoms with E-state index in [1.165, 1.54) is 7.11 Å². The Balaban J connectivity index is 2.10. The van der Waals surface area contributed by atoms with Gasteiger partial charge in [0.2, 0.25) is 0 Å². The van der Waals surface area contributed by atoms with Crippen LogP contribution in [0.1, 0.15) is 13.3 Å². The Hall–Kier alpha value is -2.08. The lowest BCUT2D eigenvalue weighted by molar-refractivity contribution is -0.141. The monoisotopic (exact) mass is 292 g/mol. The predicted molar refractivity (Wildman–Crippen MR) is 79.2 cm³/mol. The van der Waals surface area contributed by atoms with Gasteiger partial charge >= 0.3 is 11.7 Å². The number of hydrogen-bond acceptors (Lipinski definition) is 5. The number of carbonyl (C=O) groups excluding carboxylic acids is 1. The molecule has 114 valence electrons. The molecule has 0 N–H and O–H groups in total. The highest BCUT2D eigenvalue weighted by molar-refractivity contribution is 5.72. The average Bonchev–Trinajstić information content (AvgIpc) is 2.80. The molecule has 1 aromatic carbocycles. The summed E-state index contributed by atoms with van der Waals surface area (Å²) in [5, 5.41) is 0. The van der Waals surface area contributed by atoms with E-state index in [9.17, 15) is 9.59 Å². The maximum atomic E-state index is 11.9. The van der Waals surface area contributed by atoms with Crippen LogP contribution >= 0.6 is 0 Å².